The third kappa shape index (κ3) is 5.02. The lowest BCUT2D eigenvalue weighted by molar-refractivity contribution is -0.0529. The standard InChI is InChI=1S/C15H21F2N3O3/c1-15(10-22-2)4-6-20(9-15)14(21)19-8-11-3-5-18-12(7-11)23-13(16)17/h3,5,7,13H,4,6,8-10H2,1-2H3,(H,19,21). The van der Waals surface area contributed by atoms with E-state index in [1.807, 2.05) is 0 Å². The summed E-state index contributed by atoms with van der Waals surface area (Å²) < 4.78 is 33.7. The number of carbonyl (C=O) groups is 1. The van der Waals surface area contributed by atoms with Crippen LogP contribution in [0.4, 0.5) is 13.6 Å². The number of ether oxygens (including phenoxy) is 2. The molecule has 1 atom stereocenters. The van der Waals surface area contributed by atoms with E-state index in [1.54, 1.807) is 18.1 Å². The molecule has 23 heavy (non-hydrogen) atoms. The SMILES string of the molecule is COCC1(C)CCN(C(=O)NCc2ccnc(OC(F)F)c2)C1. The molecule has 1 aromatic heterocycles. The van der Waals surface area contributed by atoms with Crippen LogP contribution < -0.4 is 10.1 Å². The molecular weight excluding hydrogens is 308 g/mol. The maximum atomic E-state index is 12.2. The van der Waals surface area contributed by atoms with E-state index in [0.29, 0.717) is 25.3 Å². The van der Waals surface area contributed by atoms with Crippen LogP contribution in [0.5, 0.6) is 5.88 Å². The lowest BCUT2D eigenvalue weighted by Crippen LogP contribution is -2.39. The lowest BCUT2D eigenvalue weighted by atomic mass is 9.91. The van der Waals surface area contributed by atoms with Crippen LogP contribution in [0.2, 0.25) is 0 Å². The Hall–Kier alpha value is -1.96. The Morgan fingerprint density at radius 1 is 1.57 bits per heavy atom. The summed E-state index contributed by atoms with van der Waals surface area (Å²) in [5.41, 5.74) is 0.615. The van der Waals surface area contributed by atoms with E-state index >= 15 is 0 Å². The van der Waals surface area contributed by atoms with Gasteiger partial charge in [-0.3, -0.25) is 0 Å². The van der Waals surface area contributed by atoms with Crippen molar-refractivity contribution in [3.8, 4) is 5.88 Å². The van der Waals surface area contributed by atoms with Crippen molar-refractivity contribution in [3.63, 3.8) is 0 Å². The molecule has 1 N–H and O–H groups in total. The van der Waals surface area contributed by atoms with Gasteiger partial charge >= 0.3 is 12.6 Å². The zero-order valence-corrected chi connectivity index (χ0v) is 13.2. The zero-order chi connectivity index (χ0) is 16.9. The monoisotopic (exact) mass is 329 g/mol. The van der Waals surface area contributed by atoms with Crippen molar-refractivity contribution < 1.29 is 23.0 Å². The number of halogens is 2. The van der Waals surface area contributed by atoms with E-state index in [0.717, 1.165) is 6.42 Å². The Labute approximate surface area is 133 Å². The Balaban J connectivity index is 1.85. The van der Waals surface area contributed by atoms with Gasteiger partial charge in [-0.2, -0.15) is 8.78 Å². The van der Waals surface area contributed by atoms with E-state index in [9.17, 15) is 13.6 Å². The second-order valence-corrected chi connectivity index (χ2v) is 5.95. The number of alkyl halides is 2. The van der Waals surface area contributed by atoms with Gasteiger partial charge in [-0.25, -0.2) is 9.78 Å². The topological polar surface area (TPSA) is 63.7 Å². The zero-order valence-electron chi connectivity index (χ0n) is 13.2. The normalized spacial score (nSPS) is 20.8. The fourth-order valence-electron chi connectivity index (χ4n) is 2.67. The van der Waals surface area contributed by atoms with Gasteiger partial charge in [-0.05, 0) is 18.1 Å². The Morgan fingerprint density at radius 2 is 2.35 bits per heavy atom. The first-order valence-corrected chi connectivity index (χ1v) is 7.33. The van der Waals surface area contributed by atoms with Crippen LogP contribution >= 0.6 is 0 Å². The Bertz CT molecular complexity index is 544. The summed E-state index contributed by atoms with van der Waals surface area (Å²) in [7, 11) is 1.65. The number of aromatic nitrogens is 1. The number of likely N-dealkylation sites (tertiary alicyclic amines) is 1. The number of carbonyl (C=O) groups excluding carboxylic acids is 1. The highest BCUT2D eigenvalue weighted by Gasteiger charge is 2.35. The second kappa shape index (κ2) is 7.54. The first-order valence-electron chi connectivity index (χ1n) is 7.33. The Morgan fingerprint density at radius 3 is 3.04 bits per heavy atom. The van der Waals surface area contributed by atoms with Crippen LogP contribution in [0.1, 0.15) is 18.9 Å². The highest BCUT2D eigenvalue weighted by molar-refractivity contribution is 5.74. The van der Waals surface area contributed by atoms with E-state index < -0.39 is 6.61 Å². The van der Waals surface area contributed by atoms with Crippen LogP contribution in [0.25, 0.3) is 0 Å². The average Bonchev–Trinajstić information content (AvgIpc) is 2.87. The Kier molecular flexibility index (Phi) is 5.70. The van der Waals surface area contributed by atoms with Crippen LogP contribution in [0.15, 0.2) is 18.3 Å². The van der Waals surface area contributed by atoms with E-state index in [-0.39, 0.29) is 23.9 Å². The largest absolute Gasteiger partial charge is 0.417 e. The minimum absolute atomic E-state index is 0.0268. The van der Waals surface area contributed by atoms with Gasteiger partial charge in [0.2, 0.25) is 5.88 Å². The maximum absolute atomic E-state index is 12.2. The fraction of sp³-hybridized carbons (Fsp3) is 0.600. The van der Waals surface area contributed by atoms with E-state index in [1.165, 1.54) is 12.3 Å². The van der Waals surface area contributed by atoms with Gasteiger partial charge in [0.15, 0.2) is 0 Å². The van der Waals surface area contributed by atoms with Gasteiger partial charge in [0.25, 0.3) is 0 Å². The third-order valence-electron chi connectivity index (χ3n) is 3.79. The number of nitrogens with one attached hydrogen (secondary N) is 1. The smallest absolute Gasteiger partial charge is 0.388 e. The summed E-state index contributed by atoms with van der Waals surface area (Å²) in [6, 6.07) is 2.83. The highest BCUT2D eigenvalue weighted by Crippen LogP contribution is 2.29. The van der Waals surface area contributed by atoms with Gasteiger partial charge in [-0.1, -0.05) is 6.92 Å². The minimum atomic E-state index is -2.92. The van der Waals surface area contributed by atoms with Crippen LogP contribution in [0, 0.1) is 5.41 Å². The van der Waals surface area contributed by atoms with Crippen molar-refractivity contribution in [3.05, 3.63) is 23.9 Å². The third-order valence-corrected chi connectivity index (χ3v) is 3.79. The van der Waals surface area contributed by atoms with Crippen molar-refractivity contribution in [2.24, 2.45) is 5.41 Å². The summed E-state index contributed by atoms with van der Waals surface area (Å²) in [6.07, 6.45) is 2.25. The van der Waals surface area contributed by atoms with Crippen LogP contribution in [-0.2, 0) is 11.3 Å². The molecule has 6 nitrogen and oxygen atoms in total. The summed E-state index contributed by atoms with van der Waals surface area (Å²) in [4.78, 5) is 17.6. The molecule has 0 bridgehead atoms. The molecule has 0 saturated carbocycles. The molecule has 1 aliphatic rings. The number of hydrogen-bond acceptors (Lipinski definition) is 4. The molecule has 1 aliphatic heterocycles. The number of rotatable bonds is 6. The summed E-state index contributed by atoms with van der Waals surface area (Å²) in [6.45, 7) is 1.29. The second-order valence-electron chi connectivity index (χ2n) is 5.95. The first-order chi connectivity index (χ1) is 10.9. The molecule has 1 unspecified atom stereocenters. The summed E-state index contributed by atoms with van der Waals surface area (Å²) in [5, 5.41) is 2.78. The van der Waals surface area contributed by atoms with Crippen LogP contribution in [-0.4, -0.2) is 49.3 Å². The van der Waals surface area contributed by atoms with Crippen molar-refractivity contribution >= 4 is 6.03 Å². The number of pyridine rings is 1. The average molecular weight is 329 g/mol. The highest BCUT2D eigenvalue weighted by atomic mass is 19.3. The number of urea groups is 1. The first kappa shape index (κ1) is 17.4. The predicted molar refractivity (Wildman–Crippen MR) is 79.3 cm³/mol. The molecule has 2 heterocycles. The molecule has 128 valence electrons. The fourth-order valence-corrected chi connectivity index (χ4v) is 2.67. The van der Waals surface area contributed by atoms with Crippen molar-refractivity contribution in [1.82, 2.24) is 15.2 Å². The van der Waals surface area contributed by atoms with Gasteiger partial charge in [0, 0.05) is 44.4 Å². The van der Waals surface area contributed by atoms with Gasteiger partial charge in [0.05, 0.1) is 6.61 Å². The summed E-state index contributed by atoms with van der Waals surface area (Å²) >= 11 is 0. The minimum Gasteiger partial charge on any atom is -0.417 e. The molecule has 1 aromatic rings. The molecule has 1 saturated heterocycles. The summed E-state index contributed by atoms with van der Waals surface area (Å²) in [5.74, 6) is -0.166. The number of hydrogen-bond donors (Lipinski definition) is 1. The quantitative estimate of drug-likeness (QED) is 0.869. The van der Waals surface area contributed by atoms with Gasteiger partial charge < -0.3 is 19.7 Å². The predicted octanol–water partition coefficient (Wildman–Crippen LogP) is 2.25. The van der Waals surface area contributed by atoms with Crippen molar-refractivity contribution in [2.75, 3.05) is 26.8 Å². The molecule has 2 amide bonds. The molecule has 0 spiro atoms. The van der Waals surface area contributed by atoms with Crippen molar-refractivity contribution in [2.45, 2.75) is 26.5 Å². The maximum Gasteiger partial charge on any atom is 0.388 e. The van der Waals surface area contributed by atoms with Gasteiger partial charge in [-0.15, -0.1) is 0 Å². The number of methoxy groups -OCH3 is 1. The van der Waals surface area contributed by atoms with Gasteiger partial charge in [0.1, 0.15) is 0 Å². The molecule has 0 aliphatic carbocycles. The molecule has 2 rings (SSSR count). The van der Waals surface area contributed by atoms with E-state index in [4.69, 9.17) is 4.74 Å². The molecule has 0 radical (unpaired) electrons. The lowest BCUT2D eigenvalue weighted by Gasteiger charge is -2.23. The van der Waals surface area contributed by atoms with Crippen molar-refractivity contribution in [1.29, 1.82) is 0 Å². The molecular formula is C15H21F2N3O3. The van der Waals surface area contributed by atoms with Crippen LogP contribution in [0.3, 0.4) is 0 Å². The van der Waals surface area contributed by atoms with E-state index in [2.05, 4.69) is 22.0 Å². The molecule has 0 aromatic carbocycles. The molecule has 8 heteroatoms. The number of nitrogens with zero attached hydrogens (tertiary/aromatic N) is 2. The number of amides is 2. The molecule has 1 fully saturated rings.